The van der Waals surface area contributed by atoms with E-state index >= 15 is 0 Å². The normalized spacial score (nSPS) is 10.6. The van der Waals surface area contributed by atoms with Gasteiger partial charge < -0.3 is 14.4 Å². The van der Waals surface area contributed by atoms with Crippen molar-refractivity contribution in [3.05, 3.63) is 41.9 Å². The third-order valence-corrected chi connectivity index (χ3v) is 3.10. The molecule has 8 heteroatoms. The van der Waals surface area contributed by atoms with Gasteiger partial charge in [0.1, 0.15) is 18.2 Å². The van der Waals surface area contributed by atoms with Gasteiger partial charge in [-0.25, -0.2) is 13.8 Å². The molecule has 0 saturated heterocycles. The Morgan fingerprint density at radius 1 is 1.35 bits per heavy atom. The molecule has 0 bridgehead atoms. The fourth-order valence-electron chi connectivity index (χ4n) is 1.94. The lowest BCUT2D eigenvalue weighted by molar-refractivity contribution is -0.143. The summed E-state index contributed by atoms with van der Waals surface area (Å²) in [7, 11) is 1.38. The maximum Gasteiger partial charge on any atom is 0.323 e. The molecule has 1 amide bonds. The molecule has 2 aromatic rings. The summed E-state index contributed by atoms with van der Waals surface area (Å²) in [5.41, 5.74) is 0.0690. The second-order valence-electron chi connectivity index (χ2n) is 4.89. The monoisotopic (exact) mass is 324 g/mol. The zero-order chi connectivity index (χ0) is 17.0. The quantitative estimate of drug-likeness (QED) is 0.879. The Labute approximate surface area is 130 Å². The van der Waals surface area contributed by atoms with Crippen molar-refractivity contribution in [3.8, 4) is 11.3 Å². The molecule has 122 valence electrons. The summed E-state index contributed by atoms with van der Waals surface area (Å²) in [6.07, 6.45) is 1.44. The van der Waals surface area contributed by atoms with E-state index in [4.69, 9.17) is 9.52 Å². The minimum atomic E-state index is -1.11. The molecule has 0 saturated carbocycles. The second kappa shape index (κ2) is 6.99. The standard InChI is InChI=1S/C15H14F2N2O4/c1-19(8-15(21)22)14(20)5-4-13-18-7-12(23-13)10-3-2-9(16)6-11(10)17/h2-3,6-7H,4-5,8H2,1H3,(H,21,22). The van der Waals surface area contributed by atoms with Crippen molar-refractivity contribution in [3.63, 3.8) is 0 Å². The van der Waals surface area contributed by atoms with Gasteiger partial charge in [0.25, 0.3) is 0 Å². The predicted molar refractivity (Wildman–Crippen MR) is 75.4 cm³/mol. The fourth-order valence-corrected chi connectivity index (χ4v) is 1.94. The van der Waals surface area contributed by atoms with Crippen LogP contribution in [-0.2, 0) is 16.0 Å². The van der Waals surface area contributed by atoms with E-state index in [2.05, 4.69) is 4.98 Å². The topological polar surface area (TPSA) is 83.6 Å². The highest BCUT2D eigenvalue weighted by atomic mass is 19.1. The van der Waals surface area contributed by atoms with Crippen molar-refractivity contribution in [1.29, 1.82) is 0 Å². The summed E-state index contributed by atoms with van der Waals surface area (Å²) >= 11 is 0. The number of hydrogen-bond acceptors (Lipinski definition) is 4. The molecule has 0 spiro atoms. The number of amides is 1. The largest absolute Gasteiger partial charge is 0.480 e. The molecule has 1 N–H and O–H groups in total. The van der Waals surface area contributed by atoms with Crippen LogP contribution in [0.2, 0.25) is 0 Å². The molecule has 0 atom stereocenters. The van der Waals surface area contributed by atoms with E-state index in [0.717, 1.165) is 17.0 Å². The van der Waals surface area contributed by atoms with E-state index in [-0.39, 0.29) is 36.0 Å². The lowest BCUT2D eigenvalue weighted by atomic mass is 10.2. The van der Waals surface area contributed by atoms with E-state index in [1.165, 1.54) is 19.3 Å². The molecule has 1 heterocycles. The van der Waals surface area contributed by atoms with Crippen LogP contribution in [0.1, 0.15) is 12.3 Å². The summed E-state index contributed by atoms with van der Waals surface area (Å²) in [6, 6.07) is 3.08. The number of carbonyl (C=O) groups excluding carboxylic acids is 1. The van der Waals surface area contributed by atoms with Crippen LogP contribution in [0.15, 0.2) is 28.8 Å². The average Bonchev–Trinajstić information content (AvgIpc) is 2.92. The number of halogens is 2. The van der Waals surface area contributed by atoms with Crippen LogP contribution in [0.25, 0.3) is 11.3 Å². The van der Waals surface area contributed by atoms with Gasteiger partial charge in [-0.05, 0) is 12.1 Å². The van der Waals surface area contributed by atoms with Crippen LogP contribution in [0, 0.1) is 11.6 Å². The van der Waals surface area contributed by atoms with Crippen molar-refractivity contribution < 1.29 is 27.9 Å². The molecule has 1 aromatic heterocycles. The first-order valence-corrected chi connectivity index (χ1v) is 6.72. The number of likely N-dealkylation sites (N-methyl/N-ethyl adjacent to an activating group) is 1. The van der Waals surface area contributed by atoms with Gasteiger partial charge in [-0.3, -0.25) is 9.59 Å². The summed E-state index contributed by atoms with van der Waals surface area (Å²) in [4.78, 5) is 27.2. The van der Waals surface area contributed by atoms with Crippen LogP contribution in [-0.4, -0.2) is 40.5 Å². The van der Waals surface area contributed by atoms with Crippen LogP contribution < -0.4 is 0 Å². The minimum absolute atomic E-state index is 0.00956. The number of aromatic nitrogens is 1. The first-order valence-electron chi connectivity index (χ1n) is 6.72. The molecule has 0 aliphatic rings. The number of oxazole rings is 1. The number of hydrogen-bond donors (Lipinski definition) is 1. The fraction of sp³-hybridized carbons (Fsp3) is 0.267. The van der Waals surface area contributed by atoms with Crippen molar-refractivity contribution in [2.45, 2.75) is 12.8 Å². The van der Waals surface area contributed by atoms with Crippen molar-refractivity contribution >= 4 is 11.9 Å². The molecular weight excluding hydrogens is 310 g/mol. The average molecular weight is 324 g/mol. The zero-order valence-corrected chi connectivity index (χ0v) is 12.3. The lowest BCUT2D eigenvalue weighted by Gasteiger charge is -2.13. The van der Waals surface area contributed by atoms with Gasteiger partial charge in [0, 0.05) is 26.0 Å². The Balaban J connectivity index is 2.00. The number of carbonyl (C=O) groups is 2. The first kappa shape index (κ1) is 16.6. The molecule has 0 unspecified atom stereocenters. The SMILES string of the molecule is CN(CC(=O)O)C(=O)CCc1ncc(-c2ccc(F)cc2F)o1. The molecule has 0 fully saturated rings. The maximum atomic E-state index is 13.6. The van der Waals surface area contributed by atoms with Crippen molar-refractivity contribution in [2.24, 2.45) is 0 Å². The third-order valence-electron chi connectivity index (χ3n) is 3.10. The number of carboxylic acids is 1. The summed E-state index contributed by atoms with van der Waals surface area (Å²) in [6.45, 7) is -0.392. The number of rotatable bonds is 6. The highest BCUT2D eigenvalue weighted by Crippen LogP contribution is 2.24. The third kappa shape index (κ3) is 4.35. The molecule has 2 rings (SSSR count). The highest BCUT2D eigenvalue weighted by Gasteiger charge is 2.15. The Bertz CT molecular complexity index is 730. The molecular formula is C15H14F2N2O4. The summed E-state index contributed by atoms with van der Waals surface area (Å²) in [5.74, 6) is -2.61. The van der Waals surface area contributed by atoms with Gasteiger partial charge in [-0.2, -0.15) is 0 Å². The van der Waals surface area contributed by atoms with Gasteiger partial charge in [0.2, 0.25) is 5.91 Å². The smallest absolute Gasteiger partial charge is 0.323 e. The molecule has 0 aliphatic carbocycles. The van der Waals surface area contributed by atoms with Gasteiger partial charge in [0.05, 0.1) is 11.8 Å². The van der Waals surface area contributed by atoms with Crippen LogP contribution in [0.3, 0.4) is 0 Å². The molecule has 23 heavy (non-hydrogen) atoms. The first-order chi connectivity index (χ1) is 10.9. The summed E-state index contributed by atoms with van der Waals surface area (Å²) < 4.78 is 31.9. The molecule has 6 nitrogen and oxygen atoms in total. The molecule has 0 aliphatic heterocycles. The molecule has 1 aromatic carbocycles. The van der Waals surface area contributed by atoms with Gasteiger partial charge in [-0.1, -0.05) is 0 Å². The van der Waals surface area contributed by atoms with E-state index in [1.807, 2.05) is 0 Å². The Hall–Kier alpha value is -2.77. The Morgan fingerprint density at radius 2 is 2.09 bits per heavy atom. The molecule has 0 radical (unpaired) electrons. The number of benzene rings is 1. The number of carboxylic acid groups (broad SMARTS) is 1. The minimum Gasteiger partial charge on any atom is -0.480 e. The maximum absolute atomic E-state index is 13.6. The Morgan fingerprint density at radius 3 is 2.74 bits per heavy atom. The van der Waals surface area contributed by atoms with Crippen LogP contribution >= 0.6 is 0 Å². The van der Waals surface area contributed by atoms with E-state index < -0.39 is 24.1 Å². The Kier molecular flexibility index (Phi) is 5.05. The van der Waals surface area contributed by atoms with E-state index in [0.29, 0.717) is 0 Å². The highest BCUT2D eigenvalue weighted by molar-refractivity contribution is 5.81. The van der Waals surface area contributed by atoms with Gasteiger partial charge in [-0.15, -0.1) is 0 Å². The van der Waals surface area contributed by atoms with Crippen LogP contribution in [0.4, 0.5) is 8.78 Å². The number of aryl methyl sites for hydroxylation is 1. The summed E-state index contributed by atoms with van der Waals surface area (Å²) in [5, 5.41) is 8.61. The number of aliphatic carboxylic acids is 1. The predicted octanol–water partition coefficient (Wildman–Crippen LogP) is 2.10. The van der Waals surface area contributed by atoms with E-state index in [9.17, 15) is 18.4 Å². The second-order valence-corrected chi connectivity index (χ2v) is 4.89. The van der Waals surface area contributed by atoms with Crippen LogP contribution in [0.5, 0.6) is 0 Å². The van der Waals surface area contributed by atoms with Crippen molar-refractivity contribution in [1.82, 2.24) is 9.88 Å². The van der Waals surface area contributed by atoms with Gasteiger partial charge >= 0.3 is 5.97 Å². The zero-order valence-electron chi connectivity index (χ0n) is 12.3. The van der Waals surface area contributed by atoms with E-state index in [1.54, 1.807) is 0 Å². The lowest BCUT2D eigenvalue weighted by Crippen LogP contribution is -2.32. The number of nitrogens with zero attached hydrogens (tertiary/aromatic N) is 2. The van der Waals surface area contributed by atoms with Crippen molar-refractivity contribution in [2.75, 3.05) is 13.6 Å². The van der Waals surface area contributed by atoms with Gasteiger partial charge in [0.15, 0.2) is 11.7 Å².